The number of fused-ring (bicyclic) bond motifs is 1. The van der Waals surface area contributed by atoms with Gasteiger partial charge in [0.05, 0.1) is 6.61 Å². The first-order valence-electron chi connectivity index (χ1n) is 4.11. The minimum absolute atomic E-state index is 0.0289. The second-order valence-corrected chi connectivity index (χ2v) is 3.75. The molecule has 2 aliphatic rings. The third-order valence-electron chi connectivity index (χ3n) is 2.70. The third-order valence-corrected chi connectivity index (χ3v) is 2.70. The molecule has 2 heteroatoms. The molecule has 2 nitrogen and oxygen atoms in total. The number of ether oxygens (including phenoxy) is 1. The molecule has 0 bridgehead atoms. The van der Waals surface area contributed by atoms with E-state index in [9.17, 15) is 0 Å². The van der Waals surface area contributed by atoms with E-state index in [-0.39, 0.29) is 5.72 Å². The molecule has 0 saturated carbocycles. The minimum atomic E-state index is 0.0289. The molecule has 0 amide bonds. The van der Waals surface area contributed by atoms with E-state index in [0.29, 0.717) is 0 Å². The van der Waals surface area contributed by atoms with Gasteiger partial charge >= 0.3 is 0 Å². The zero-order chi connectivity index (χ0) is 7.19. The molecule has 2 rings (SSSR count). The van der Waals surface area contributed by atoms with E-state index in [2.05, 4.69) is 18.7 Å². The Morgan fingerprint density at radius 2 is 2.30 bits per heavy atom. The van der Waals surface area contributed by atoms with Crippen LogP contribution in [0.1, 0.15) is 26.7 Å². The van der Waals surface area contributed by atoms with Gasteiger partial charge in [-0.25, -0.2) is 0 Å². The van der Waals surface area contributed by atoms with Gasteiger partial charge in [0, 0.05) is 12.6 Å². The fourth-order valence-electron chi connectivity index (χ4n) is 2.10. The summed E-state index contributed by atoms with van der Waals surface area (Å²) in [5, 5.41) is 0. The minimum Gasteiger partial charge on any atom is -0.359 e. The highest BCUT2D eigenvalue weighted by molar-refractivity contribution is 4.90. The molecule has 0 spiro atoms. The van der Waals surface area contributed by atoms with Gasteiger partial charge in [0.2, 0.25) is 0 Å². The smallest absolute Gasteiger partial charge is 0.116 e. The van der Waals surface area contributed by atoms with Crippen LogP contribution in [-0.2, 0) is 4.74 Å². The average molecular weight is 141 g/mol. The van der Waals surface area contributed by atoms with Gasteiger partial charge in [-0.3, -0.25) is 4.90 Å². The summed E-state index contributed by atoms with van der Waals surface area (Å²) in [6.45, 7) is 6.52. The second-order valence-electron chi connectivity index (χ2n) is 3.75. The summed E-state index contributed by atoms with van der Waals surface area (Å²) >= 11 is 0. The summed E-state index contributed by atoms with van der Waals surface area (Å²) in [5.41, 5.74) is 0.0289. The molecule has 2 aliphatic heterocycles. The van der Waals surface area contributed by atoms with Gasteiger partial charge in [-0.2, -0.15) is 0 Å². The number of nitrogens with zero attached hydrogens (tertiary/aromatic N) is 1. The van der Waals surface area contributed by atoms with E-state index in [0.717, 1.165) is 12.6 Å². The molecule has 0 aromatic heterocycles. The summed E-state index contributed by atoms with van der Waals surface area (Å²) < 4.78 is 5.63. The highest BCUT2D eigenvalue weighted by Crippen LogP contribution is 2.33. The second kappa shape index (κ2) is 1.95. The Morgan fingerprint density at radius 1 is 1.50 bits per heavy atom. The van der Waals surface area contributed by atoms with Crippen LogP contribution in [0.15, 0.2) is 0 Å². The van der Waals surface area contributed by atoms with Crippen LogP contribution in [0.25, 0.3) is 0 Å². The van der Waals surface area contributed by atoms with Crippen LogP contribution in [-0.4, -0.2) is 29.8 Å². The van der Waals surface area contributed by atoms with E-state index in [1.807, 2.05) is 0 Å². The zero-order valence-electron chi connectivity index (χ0n) is 6.76. The largest absolute Gasteiger partial charge is 0.359 e. The first kappa shape index (κ1) is 6.62. The van der Waals surface area contributed by atoms with Crippen molar-refractivity contribution in [2.75, 3.05) is 13.2 Å². The summed E-state index contributed by atoms with van der Waals surface area (Å²) in [6, 6.07) is 0.731. The fourth-order valence-corrected chi connectivity index (χ4v) is 2.10. The third kappa shape index (κ3) is 0.789. The molecule has 0 unspecified atom stereocenters. The lowest BCUT2D eigenvalue weighted by Crippen LogP contribution is -2.40. The highest BCUT2D eigenvalue weighted by Gasteiger charge is 2.42. The Hall–Kier alpha value is -0.0800. The Bertz CT molecular complexity index is 144. The van der Waals surface area contributed by atoms with Gasteiger partial charge in [0.15, 0.2) is 0 Å². The maximum Gasteiger partial charge on any atom is 0.116 e. The topological polar surface area (TPSA) is 12.5 Å². The molecular formula is C8H15NO. The molecule has 0 aromatic rings. The predicted octanol–water partition coefficient (Wildman–Crippen LogP) is 1.22. The van der Waals surface area contributed by atoms with Crippen LogP contribution in [0.4, 0.5) is 0 Å². The quantitative estimate of drug-likeness (QED) is 0.503. The van der Waals surface area contributed by atoms with Gasteiger partial charge in [-0.1, -0.05) is 0 Å². The van der Waals surface area contributed by atoms with Crippen molar-refractivity contribution < 1.29 is 4.74 Å². The van der Waals surface area contributed by atoms with E-state index < -0.39 is 0 Å². The highest BCUT2D eigenvalue weighted by atomic mass is 16.5. The number of hydrogen-bond acceptors (Lipinski definition) is 2. The van der Waals surface area contributed by atoms with Crippen LogP contribution < -0.4 is 0 Å². The number of rotatable bonds is 0. The lowest BCUT2D eigenvalue weighted by Gasteiger charge is -2.28. The van der Waals surface area contributed by atoms with Gasteiger partial charge < -0.3 is 4.74 Å². The molecule has 1 atom stereocenters. The van der Waals surface area contributed by atoms with Crippen molar-refractivity contribution in [1.82, 2.24) is 4.90 Å². The Balaban J connectivity index is 2.16. The summed E-state index contributed by atoms with van der Waals surface area (Å²) in [6.07, 6.45) is 2.70. The normalized spacial score (nSPS) is 38.4. The van der Waals surface area contributed by atoms with Crippen molar-refractivity contribution in [1.29, 1.82) is 0 Å². The molecule has 2 heterocycles. The van der Waals surface area contributed by atoms with Crippen molar-refractivity contribution >= 4 is 0 Å². The molecule has 58 valence electrons. The van der Waals surface area contributed by atoms with E-state index in [1.54, 1.807) is 0 Å². The van der Waals surface area contributed by atoms with E-state index in [4.69, 9.17) is 4.74 Å². The van der Waals surface area contributed by atoms with Crippen LogP contribution in [0.2, 0.25) is 0 Å². The Labute approximate surface area is 62.2 Å². The Kier molecular flexibility index (Phi) is 1.29. The van der Waals surface area contributed by atoms with Gasteiger partial charge in [0.25, 0.3) is 0 Å². The predicted molar refractivity (Wildman–Crippen MR) is 39.8 cm³/mol. The van der Waals surface area contributed by atoms with Gasteiger partial charge in [-0.05, 0) is 26.7 Å². The molecule has 2 fully saturated rings. The van der Waals surface area contributed by atoms with Gasteiger partial charge in [0.1, 0.15) is 5.72 Å². The maximum absolute atomic E-state index is 5.63. The molecule has 10 heavy (non-hydrogen) atoms. The van der Waals surface area contributed by atoms with Crippen molar-refractivity contribution in [3.63, 3.8) is 0 Å². The van der Waals surface area contributed by atoms with E-state index >= 15 is 0 Å². The molecule has 0 N–H and O–H groups in total. The lowest BCUT2D eigenvalue weighted by molar-refractivity contribution is -0.0477. The number of hydrogen-bond donors (Lipinski definition) is 0. The summed E-state index contributed by atoms with van der Waals surface area (Å²) in [7, 11) is 0. The van der Waals surface area contributed by atoms with Gasteiger partial charge in [-0.15, -0.1) is 0 Å². The summed E-state index contributed by atoms with van der Waals surface area (Å²) in [4.78, 5) is 2.48. The van der Waals surface area contributed by atoms with Crippen molar-refractivity contribution in [3.8, 4) is 0 Å². The monoisotopic (exact) mass is 141 g/mol. The first-order chi connectivity index (χ1) is 4.70. The molecule has 2 saturated heterocycles. The molecule has 0 aromatic carbocycles. The SMILES string of the molecule is CC1(C)OC[C@@H]2CCCN21. The van der Waals surface area contributed by atoms with Crippen LogP contribution in [0, 0.1) is 0 Å². The standard InChI is InChI=1S/C8H15NO/c1-8(2)9-5-3-4-7(9)6-10-8/h7H,3-6H2,1-2H3/t7-/m0/s1. The fraction of sp³-hybridized carbons (Fsp3) is 1.00. The van der Waals surface area contributed by atoms with Crippen molar-refractivity contribution in [3.05, 3.63) is 0 Å². The average Bonchev–Trinajstić information content (AvgIpc) is 2.36. The molecular weight excluding hydrogens is 126 g/mol. The van der Waals surface area contributed by atoms with Crippen LogP contribution >= 0.6 is 0 Å². The van der Waals surface area contributed by atoms with E-state index in [1.165, 1.54) is 19.4 Å². The first-order valence-corrected chi connectivity index (χ1v) is 4.11. The lowest BCUT2D eigenvalue weighted by atomic mass is 10.2. The molecule has 0 aliphatic carbocycles. The van der Waals surface area contributed by atoms with Crippen LogP contribution in [0.3, 0.4) is 0 Å². The maximum atomic E-state index is 5.63. The van der Waals surface area contributed by atoms with Crippen molar-refractivity contribution in [2.24, 2.45) is 0 Å². The Morgan fingerprint density at radius 3 is 3.00 bits per heavy atom. The zero-order valence-corrected chi connectivity index (χ0v) is 6.76. The van der Waals surface area contributed by atoms with Crippen LogP contribution in [0.5, 0.6) is 0 Å². The van der Waals surface area contributed by atoms with Crippen molar-refractivity contribution in [2.45, 2.75) is 38.5 Å². The molecule has 0 radical (unpaired) electrons. The summed E-state index contributed by atoms with van der Waals surface area (Å²) in [5.74, 6) is 0.